The summed E-state index contributed by atoms with van der Waals surface area (Å²) in [6.07, 6.45) is 0. The van der Waals surface area contributed by atoms with Gasteiger partial charge in [0.25, 0.3) is 5.91 Å². The van der Waals surface area contributed by atoms with Crippen molar-refractivity contribution in [2.75, 3.05) is 26.7 Å². The summed E-state index contributed by atoms with van der Waals surface area (Å²) in [4.78, 5) is 21.7. The number of hydrogen-bond acceptors (Lipinski definition) is 4. The van der Waals surface area contributed by atoms with E-state index in [0.29, 0.717) is 46.6 Å². The average molecular weight is 381 g/mol. The van der Waals surface area contributed by atoms with E-state index in [1.807, 2.05) is 4.90 Å². The highest BCUT2D eigenvalue weighted by Crippen LogP contribution is 2.26. The molecule has 4 rings (SSSR count). The number of carbonyl (C=O) groups is 1. The fourth-order valence-electron chi connectivity index (χ4n) is 3.79. The van der Waals surface area contributed by atoms with Gasteiger partial charge in [0.15, 0.2) is 5.58 Å². The van der Waals surface area contributed by atoms with Crippen molar-refractivity contribution in [2.45, 2.75) is 19.9 Å². The van der Waals surface area contributed by atoms with E-state index in [9.17, 15) is 9.18 Å². The van der Waals surface area contributed by atoms with Crippen molar-refractivity contribution in [3.8, 4) is 11.5 Å². The number of nitrogens with zero attached hydrogens (tertiary/aromatic N) is 3. The summed E-state index contributed by atoms with van der Waals surface area (Å²) in [5.41, 5.74) is 2.34. The molecular weight excluding hydrogens is 357 g/mol. The van der Waals surface area contributed by atoms with Crippen molar-refractivity contribution in [1.29, 1.82) is 0 Å². The van der Waals surface area contributed by atoms with Gasteiger partial charge in [0.1, 0.15) is 11.3 Å². The topological polar surface area (TPSA) is 49.6 Å². The fourth-order valence-corrected chi connectivity index (χ4v) is 3.79. The summed E-state index contributed by atoms with van der Waals surface area (Å²) in [7, 11) is 2.11. The number of likely N-dealkylation sites (N-methyl/N-ethyl adjacent to an activating group) is 1. The van der Waals surface area contributed by atoms with Gasteiger partial charge in [0.2, 0.25) is 5.89 Å². The number of fused-ring (bicyclic) bond motifs is 1. The highest BCUT2D eigenvalue weighted by Gasteiger charge is 2.29. The molecule has 1 aliphatic rings. The minimum absolute atomic E-state index is 0.0101. The normalized spacial score (nSPS) is 18.2. The molecule has 1 aliphatic heterocycles. The van der Waals surface area contributed by atoms with Crippen LogP contribution in [0.5, 0.6) is 0 Å². The third-order valence-corrected chi connectivity index (χ3v) is 5.46. The quantitative estimate of drug-likeness (QED) is 0.687. The van der Waals surface area contributed by atoms with Gasteiger partial charge in [-0.15, -0.1) is 0 Å². The van der Waals surface area contributed by atoms with E-state index in [4.69, 9.17) is 4.42 Å². The van der Waals surface area contributed by atoms with Gasteiger partial charge in [-0.3, -0.25) is 9.69 Å². The predicted octanol–water partition coefficient (Wildman–Crippen LogP) is 4.05. The zero-order valence-corrected chi connectivity index (χ0v) is 16.4. The number of carbonyl (C=O) groups excluding carboxylic acids is 1. The van der Waals surface area contributed by atoms with E-state index >= 15 is 0 Å². The molecule has 0 bridgehead atoms. The van der Waals surface area contributed by atoms with E-state index in [1.54, 1.807) is 30.3 Å². The Morgan fingerprint density at radius 2 is 2.04 bits per heavy atom. The van der Waals surface area contributed by atoms with E-state index in [0.717, 1.165) is 13.1 Å². The number of oxazole rings is 1. The molecule has 2 aromatic carbocycles. The molecule has 3 aromatic rings. The minimum atomic E-state index is -0.342. The molecule has 1 fully saturated rings. The molecular formula is C22H24FN3O2. The number of rotatable bonds is 3. The van der Waals surface area contributed by atoms with Gasteiger partial charge in [-0.05, 0) is 49.4 Å². The lowest BCUT2D eigenvalue weighted by Crippen LogP contribution is -2.55. The van der Waals surface area contributed by atoms with Crippen LogP contribution < -0.4 is 0 Å². The summed E-state index contributed by atoms with van der Waals surface area (Å²) >= 11 is 0. The third kappa shape index (κ3) is 3.52. The molecule has 1 amide bonds. The van der Waals surface area contributed by atoms with Gasteiger partial charge in [-0.25, -0.2) is 9.37 Å². The first-order chi connectivity index (χ1) is 13.4. The predicted molar refractivity (Wildman–Crippen MR) is 107 cm³/mol. The molecule has 1 unspecified atom stereocenters. The first kappa shape index (κ1) is 18.6. The molecule has 1 aromatic heterocycles. The fraction of sp³-hybridized carbons (Fsp3) is 0.364. The average Bonchev–Trinajstić information content (AvgIpc) is 3.11. The monoisotopic (exact) mass is 381 g/mol. The smallest absolute Gasteiger partial charge is 0.254 e. The maximum absolute atomic E-state index is 13.5. The van der Waals surface area contributed by atoms with E-state index in [2.05, 4.69) is 30.8 Å². The van der Waals surface area contributed by atoms with E-state index < -0.39 is 0 Å². The van der Waals surface area contributed by atoms with E-state index in [-0.39, 0.29) is 11.7 Å². The summed E-state index contributed by atoms with van der Waals surface area (Å²) in [5, 5.41) is 0. The molecule has 0 spiro atoms. The van der Waals surface area contributed by atoms with Crippen molar-refractivity contribution in [3.63, 3.8) is 0 Å². The zero-order chi connectivity index (χ0) is 19.8. The van der Waals surface area contributed by atoms with Crippen LogP contribution in [-0.4, -0.2) is 53.4 Å². The van der Waals surface area contributed by atoms with Gasteiger partial charge in [-0.1, -0.05) is 19.9 Å². The lowest BCUT2D eigenvalue weighted by Gasteiger charge is -2.41. The largest absolute Gasteiger partial charge is 0.436 e. The van der Waals surface area contributed by atoms with Crippen LogP contribution in [0.2, 0.25) is 0 Å². The van der Waals surface area contributed by atoms with Crippen molar-refractivity contribution in [1.82, 2.24) is 14.8 Å². The Morgan fingerprint density at radius 1 is 1.21 bits per heavy atom. The van der Waals surface area contributed by atoms with Crippen LogP contribution in [0.25, 0.3) is 22.6 Å². The minimum Gasteiger partial charge on any atom is -0.436 e. The molecule has 2 heterocycles. The van der Waals surface area contributed by atoms with Crippen LogP contribution >= 0.6 is 0 Å². The Balaban J connectivity index is 1.60. The first-order valence-corrected chi connectivity index (χ1v) is 9.58. The Kier molecular flexibility index (Phi) is 4.89. The number of hydrogen-bond donors (Lipinski definition) is 0. The van der Waals surface area contributed by atoms with Crippen LogP contribution in [0.4, 0.5) is 4.39 Å². The summed E-state index contributed by atoms with van der Waals surface area (Å²) < 4.78 is 19.2. The highest BCUT2D eigenvalue weighted by molar-refractivity contribution is 5.97. The number of piperazine rings is 1. The van der Waals surface area contributed by atoms with Crippen LogP contribution in [0.15, 0.2) is 46.9 Å². The zero-order valence-electron chi connectivity index (χ0n) is 16.4. The van der Waals surface area contributed by atoms with Gasteiger partial charge < -0.3 is 9.32 Å². The summed E-state index contributed by atoms with van der Waals surface area (Å²) in [6, 6.07) is 11.8. The number of amides is 1. The summed E-state index contributed by atoms with van der Waals surface area (Å²) in [6.45, 7) is 6.67. The Hall–Kier alpha value is -2.73. The van der Waals surface area contributed by atoms with Crippen LogP contribution in [0, 0.1) is 11.7 Å². The lowest BCUT2D eigenvalue weighted by atomic mass is 9.99. The number of benzene rings is 2. The third-order valence-electron chi connectivity index (χ3n) is 5.46. The highest BCUT2D eigenvalue weighted by atomic mass is 19.1. The van der Waals surface area contributed by atoms with Gasteiger partial charge in [0.05, 0.1) is 0 Å². The Bertz CT molecular complexity index is 1010. The van der Waals surface area contributed by atoms with Crippen molar-refractivity contribution >= 4 is 17.0 Å². The lowest BCUT2D eigenvalue weighted by molar-refractivity contribution is 0.0465. The molecule has 0 aliphatic carbocycles. The van der Waals surface area contributed by atoms with Gasteiger partial charge in [0, 0.05) is 36.8 Å². The van der Waals surface area contributed by atoms with Crippen molar-refractivity contribution in [2.24, 2.45) is 5.92 Å². The second-order valence-corrected chi connectivity index (χ2v) is 7.76. The molecule has 28 heavy (non-hydrogen) atoms. The number of halogens is 1. The maximum atomic E-state index is 13.5. The first-order valence-electron chi connectivity index (χ1n) is 9.58. The maximum Gasteiger partial charge on any atom is 0.254 e. The van der Waals surface area contributed by atoms with Crippen molar-refractivity contribution < 1.29 is 13.6 Å². The molecule has 146 valence electrons. The molecule has 0 N–H and O–H groups in total. The van der Waals surface area contributed by atoms with Gasteiger partial charge in [-0.2, -0.15) is 0 Å². The van der Waals surface area contributed by atoms with Gasteiger partial charge >= 0.3 is 0 Å². The van der Waals surface area contributed by atoms with Crippen LogP contribution in [0.1, 0.15) is 24.2 Å². The second kappa shape index (κ2) is 7.36. The molecule has 0 radical (unpaired) electrons. The SMILES string of the molecule is CC(C)C1CN(C(=O)c2ccc3oc(-c4cccc(F)c4)nc3c2)CCN1C. The molecule has 6 heteroatoms. The molecule has 1 atom stereocenters. The molecule has 0 saturated carbocycles. The Morgan fingerprint density at radius 3 is 2.79 bits per heavy atom. The van der Waals surface area contributed by atoms with Crippen LogP contribution in [0.3, 0.4) is 0 Å². The van der Waals surface area contributed by atoms with Crippen molar-refractivity contribution in [3.05, 3.63) is 53.8 Å². The van der Waals surface area contributed by atoms with Crippen LogP contribution in [-0.2, 0) is 0 Å². The summed E-state index contributed by atoms with van der Waals surface area (Å²) in [5.74, 6) is 0.493. The second-order valence-electron chi connectivity index (χ2n) is 7.76. The molecule has 5 nitrogen and oxygen atoms in total. The number of aromatic nitrogens is 1. The van der Waals surface area contributed by atoms with E-state index in [1.165, 1.54) is 12.1 Å². The standard InChI is InChI=1S/C22H24FN3O2/c1-14(2)19-13-26(10-9-25(19)3)22(27)16-7-8-20-18(12-16)24-21(28-20)15-5-4-6-17(23)11-15/h4-8,11-12,14,19H,9-10,13H2,1-3H3. The Labute approximate surface area is 163 Å². The molecule has 1 saturated heterocycles.